The van der Waals surface area contributed by atoms with Gasteiger partial charge in [-0.2, -0.15) is 5.10 Å². The number of sulfonamides is 1. The Kier molecular flexibility index (Phi) is 4.25. The summed E-state index contributed by atoms with van der Waals surface area (Å²) in [5.74, 6) is 0. The molecule has 6 nitrogen and oxygen atoms in total. The molecule has 0 aromatic carbocycles. The number of allylic oxidation sites excluding steroid dienone is 1. The Hall–Kier alpha value is -1.05. The van der Waals surface area contributed by atoms with Gasteiger partial charge in [0.25, 0.3) is 0 Å². The lowest BCUT2D eigenvalue weighted by molar-refractivity contribution is 0.115. The summed E-state index contributed by atoms with van der Waals surface area (Å²) in [5.41, 5.74) is 4.96. The molecule has 2 aliphatic heterocycles. The number of halogens is 1. The number of hydrazone groups is 1. The second kappa shape index (κ2) is 5.75. The summed E-state index contributed by atoms with van der Waals surface area (Å²) in [4.78, 5) is 2.30. The molecule has 0 radical (unpaired) electrons. The zero-order valence-electron chi connectivity index (χ0n) is 14.6. The maximum absolute atomic E-state index is 11.6. The van der Waals surface area contributed by atoms with E-state index in [4.69, 9.17) is 11.6 Å². The third-order valence-corrected chi connectivity index (χ3v) is 6.07. The highest BCUT2D eigenvalue weighted by Gasteiger charge is 2.42. The maximum Gasteiger partial charge on any atom is 0.208 e. The van der Waals surface area contributed by atoms with Crippen molar-refractivity contribution in [2.24, 2.45) is 10.5 Å². The molecule has 0 spiro atoms. The summed E-state index contributed by atoms with van der Waals surface area (Å²) < 4.78 is 26.0. The topological polar surface area (TPSA) is 73.8 Å². The Morgan fingerprint density at radius 2 is 2.12 bits per heavy atom. The molecule has 0 bridgehead atoms. The Bertz CT molecular complexity index is 741. The molecule has 24 heavy (non-hydrogen) atoms. The van der Waals surface area contributed by atoms with Crippen molar-refractivity contribution in [3.63, 3.8) is 0 Å². The summed E-state index contributed by atoms with van der Waals surface area (Å²) in [7, 11) is -3.21. The van der Waals surface area contributed by atoms with Gasteiger partial charge in [-0.05, 0) is 24.8 Å². The molecule has 1 saturated heterocycles. The number of fused-ring (bicyclic) bond motifs is 1. The van der Waals surface area contributed by atoms with Gasteiger partial charge in [-0.1, -0.05) is 25.4 Å². The maximum atomic E-state index is 11.6. The first-order chi connectivity index (χ1) is 11.0. The first-order valence-corrected chi connectivity index (χ1v) is 10.4. The molecule has 8 heteroatoms. The predicted octanol–water partition coefficient (Wildman–Crippen LogP) is 1.76. The van der Waals surface area contributed by atoms with Gasteiger partial charge in [-0.3, -0.25) is 5.43 Å². The van der Waals surface area contributed by atoms with Crippen LogP contribution in [0.1, 0.15) is 33.6 Å². The van der Waals surface area contributed by atoms with Gasteiger partial charge in [0.1, 0.15) is 0 Å². The zero-order chi connectivity index (χ0) is 17.8. The highest BCUT2D eigenvalue weighted by atomic mass is 35.5. The summed E-state index contributed by atoms with van der Waals surface area (Å²) in [6, 6.07) is -0.0702. The second-order valence-corrected chi connectivity index (χ2v) is 10.2. The lowest BCUT2D eigenvalue weighted by Crippen LogP contribution is -2.55. The fourth-order valence-electron chi connectivity index (χ4n) is 3.84. The zero-order valence-corrected chi connectivity index (χ0v) is 16.1. The van der Waals surface area contributed by atoms with E-state index in [2.05, 4.69) is 40.9 Å². The van der Waals surface area contributed by atoms with E-state index < -0.39 is 10.0 Å². The fraction of sp³-hybridized carbons (Fsp3) is 0.688. The number of likely N-dealkylation sites (tertiary alicyclic amines) is 1. The standard InChI is InChI=1S/C16H25ClN4O2S/c1-15(2)10-21(6-5-14(15)19-24(4,22)23)13-7-11(17)8-16(3)12(13)9-18-20-16/h7,9,14,19-20H,5-6,8,10H2,1-4H3. The molecule has 2 unspecified atom stereocenters. The Morgan fingerprint density at radius 3 is 2.75 bits per heavy atom. The second-order valence-electron chi connectivity index (χ2n) is 7.91. The van der Waals surface area contributed by atoms with E-state index in [9.17, 15) is 8.42 Å². The van der Waals surface area contributed by atoms with Crippen molar-refractivity contribution in [2.75, 3.05) is 19.3 Å². The molecule has 0 amide bonds. The minimum absolute atomic E-state index is 0.0702. The van der Waals surface area contributed by atoms with Crippen LogP contribution in [-0.2, 0) is 10.0 Å². The Labute approximate surface area is 149 Å². The van der Waals surface area contributed by atoms with E-state index in [1.807, 2.05) is 12.3 Å². The molecule has 134 valence electrons. The normalized spacial score (nSPS) is 32.5. The van der Waals surface area contributed by atoms with Crippen LogP contribution in [0.15, 0.2) is 27.5 Å². The van der Waals surface area contributed by atoms with Crippen LogP contribution in [-0.4, -0.2) is 50.5 Å². The van der Waals surface area contributed by atoms with Gasteiger partial charge in [-0.25, -0.2) is 13.1 Å². The summed E-state index contributed by atoms with van der Waals surface area (Å²) >= 11 is 6.39. The smallest absolute Gasteiger partial charge is 0.208 e. The Balaban J connectivity index is 1.87. The highest BCUT2D eigenvalue weighted by molar-refractivity contribution is 7.88. The number of rotatable bonds is 3. The highest BCUT2D eigenvalue weighted by Crippen LogP contribution is 2.40. The molecule has 2 N–H and O–H groups in total. The van der Waals surface area contributed by atoms with E-state index in [1.165, 1.54) is 6.26 Å². The number of hydrogen-bond donors (Lipinski definition) is 2. The van der Waals surface area contributed by atoms with Crippen LogP contribution in [0.2, 0.25) is 0 Å². The average molecular weight is 373 g/mol. The van der Waals surface area contributed by atoms with Crippen molar-refractivity contribution in [1.82, 2.24) is 15.0 Å². The third-order valence-electron chi connectivity index (χ3n) is 5.12. The molecular weight excluding hydrogens is 348 g/mol. The number of hydrogen-bond acceptors (Lipinski definition) is 5. The number of piperidine rings is 1. The summed E-state index contributed by atoms with van der Waals surface area (Å²) in [6.45, 7) is 7.83. The lowest BCUT2D eigenvalue weighted by atomic mass is 9.78. The Morgan fingerprint density at radius 1 is 1.42 bits per heavy atom. The van der Waals surface area contributed by atoms with Crippen LogP contribution in [0.5, 0.6) is 0 Å². The summed E-state index contributed by atoms with van der Waals surface area (Å²) in [6.07, 6.45) is 6.60. The number of nitrogens with one attached hydrogen (secondary N) is 2. The van der Waals surface area contributed by atoms with Gasteiger partial charge in [0, 0.05) is 41.9 Å². The first kappa shape index (κ1) is 17.8. The van der Waals surface area contributed by atoms with Crippen molar-refractivity contribution in [2.45, 2.75) is 45.2 Å². The van der Waals surface area contributed by atoms with Crippen molar-refractivity contribution < 1.29 is 8.42 Å². The van der Waals surface area contributed by atoms with E-state index >= 15 is 0 Å². The molecule has 1 fully saturated rings. The molecule has 0 aromatic heterocycles. The molecule has 2 atom stereocenters. The fourth-order valence-corrected chi connectivity index (χ4v) is 5.17. The predicted molar refractivity (Wildman–Crippen MR) is 97.4 cm³/mol. The van der Waals surface area contributed by atoms with Gasteiger partial charge in [0.2, 0.25) is 10.0 Å². The van der Waals surface area contributed by atoms with Crippen LogP contribution in [0, 0.1) is 5.41 Å². The van der Waals surface area contributed by atoms with E-state index in [0.29, 0.717) is 0 Å². The average Bonchev–Trinajstić information content (AvgIpc) is 2.79. The van der Waals surface area contributed by atoms with Gasteiger partial charge in [0.15, 0.2) is 0 Å². The van der Waals surface area contributed by atoms with Crippen LogP contribution >= 0.6 is 11.6 Å². The molecule has 2 heterocycles. The molecule has 3 aliphatic rings. The van der Waals surface area contributed by atoms with Crippen LogP contribution in [0.3, 0.4) is 0 Å². The molecule has 3 rings (SSSR count). The van der Waals surface area contributed by atoms with Crippen molar-refractivity contribution >= 4 is 27.8 Å². The quantitative estimate of drug-likeness (QED) is 0.791. The van der Waals surface area contributed by atoms with Crippen LogP contribution in [0.25, 0.3) is 0 Å². The van der Waals surface area contributed by atoms with Gasteiger partial charge < -0.3 is 4.90 Å². The molecule has 0 saturated carbocycles. The molecule has 1 aliphatic carbocycles. The monoisotopic (exact) mass is 372 g/mol. The van der Waals surface area contributed by atoms with Crippen LogP contribution in [0.4, 0.5) is 0 Å². The van der Waals surface area contributed by atoms with Crippen molar-refractivity contribution in [3.8, 4) is 0 Å². The van der Waals surface area contributed by atoms with E-state index in [1.54, 1.807) is 0 Å². The SMILES string of the molecule is CC12CC(Cl)=CC(N3CCC(NS(C)(=O)=O)C(C)(C)C3)=C1C=NN2. The van der Waals surface area contributed by atoms with E-state index in [0.717, 1.165) is 42.2 Å². The van der Waals surface area contributed by atoms with Gasteiger partial charge in [0.05, 0.1) is 18.0 Å². The largest absolute Gasteiger partial charge is 0.371 e. The minimum atomic E-state index is -3.21. The van der Waals surface area contributed by atoms with E-state index in [-0.39, 0.29) is 17.0 Å². The minimum Gasteiger partial charge on any atom is -0.371 e. The summed E-state index contributed by atoms with van der Waals surface area (Å²) in [5, 5.41) is 5.04. The number of nitrogens with zero attached hydrogens (tertiary/aromatic N) is 2. The van der Waals surface area contributed by atoms with Crippen molar-refractivity contribution in [1.29, 1.82) is 0 Å². The molecular formula is C16H25ClN4O2S. The third kappa shape index (κ3) is 3.34. The van der Waals surface area contributed by atoms with Gasteiger partial charge >= 0.3 is 0 Å². The van der Waals surface area contributed by atoms with Crippen molar-refractivity contribution in [3.05, 3.63) is 22.4 Å². The first-order valence-electron chi connectivity index (χ1n) is 8.13. The van der Waals surface area contributed by atoms with Crippen LogP contribution < -0.4 is 10.1 Å². The lowest BCUT2D eigenvalue weighted by Gasteiger charge is -2.47. The van der Waals surface area contributed by atoms with Gasteiger partial charge in [-0.15, -0.1) is 0 Å². The molecule has 0 aromatic rings.